The summed E-state index contributed by atoms with van der Waals surface area (Å²) in [5, 5.41) is -0.0595. The summed E-state index contributed by atoms with van der Waals surface area (Å²) in [6.45, 7) is 1.88. The van der Waals surface area contributed by atoms with Crippen LogP contribution < -0.4 is 0 Å². The first-order valence-electron chi connectivity index (χ1n) is 4.10. The average molecular weight is 219 g/mol. The molecule has 0 N–H and O–H groups in total. The molecule has 0 aromatic heterocycles. The molecule has 6 heteroatoms. The molecule has 2 amide bonds. The van der Waals surface area contributed by atoms with Gasteiger partial charge in [-0.1, -0.05) is 6.92 Å². The first kappa shape index (κ1) is 13.0. The van der Waals surface area contributed by atoms with Crippen LogP contribution in [0.3, 0.4) is 0 Å². The summed E-state index contributed by atoms with van der Waals surface area (Å²) in [5.41, 5.74) is 0. The van der Waals surface area contributed by atoms with E-state index in [1.165, 1.54) is 0 Å². The highest BCUT2D eigenvalue weighted by atomic mass is 32.1. The Bertz CT molecular complexity index is 200. The molecule has 0 aliphatic rings. The maximum atomic E-state index is 10.9. The van der Waals surface area contributed by atoms with Crippen molar-refractivity contribution in [3.63, 3.8) is 0 Å². The minimum Gasteiger partial charge on any atom is -0.464 e. The smallest absolute Gasteiger partial charge is 0.306 e. The van der Waals surface area contributed by atoms with Crippen LogP contribution in [0.4, 0.5) is 0 Å². The van der Waals surface area contributed by atoms with Crippen molar-refractivity contribution in [2.24, 2.45) is 0 Å². The van der Waals surface area contributed by atoms with Gasteiger partial charge in [0.15, 0.2) is 0 Å². The second-order valence-corrected chi connectivity index (χ2v) is 3.60. The zero-order chi connectivity index (χ0) is 11.0. The Kier molecular flexibility index (Phi) is 6.82. The van der Waals surface area contributed by atoms with Crippen LogP contribution in [0.5, 0.6) is 0 Å². The third kappa shape index (κ3) is 6.47. The number of hydrogen-bond donors (Lipinski definition) is 1. The fourth-order valence-corrected chi connectivity index (χ4v) is 0.844. The van der Waals surface area contributed by atoms with E-state index in [9.17, 15) is 14.4 Å². The van der Waals surface area contributed by atoms with Crippen LogP contribution in [0.25, 0.3) is 0 Å². The van der Waals surface area contributed by atoms with Crippen molar-refractivity contribution < 1.29 is 19.1 Å². The van der Waals surface area contributed by atoms with E-state index in [0.717, 1.165) is 4.90 Å². The lowest BCUT2D eigenvalue weighted by Crippen LogP contribution is -2.25. The van der Waals surface area contributed by atoms with Crippen LogP contribution in [-0.2, 0) is 19.1 Å². The number of amides is 2. The fraction of sp³-hybridized carbons (Fsp3) is 0.625. The van der Waals surface area contributed by atoms with Crippen molar-refractivity contribution in [2.75, 3.05) is 13.2 Å². The van der Waals surface area contributed by atoms with Gasteiger partial charge in [-0.25, -0.2) is 0 Å². The van der Waals surface area contributed by atoms with E-state index >= 15 is 0 Å². The van der Waals surface area contributed by atoms with Gasteiger partial charge in [0.05, 0.1) is 13.0 Å². The predicted octanol–water partition coefficient (Wildman–Crippen LogP) is -0.147. The molecule has 0 radical (unpaired) electrons. The van der Waals surface area contributed by atoms with Crippen molar-refractivity contribution in [1.29, 1.82) is 0 Å². The minimum absolute atomic E-state index is 0.0246. The van der Waals surface area contributed by atoms with E-state index in [1.807, 2.05) is 0 Å². The zero-order valence-corrected chi connectivity index (χ0v) is 8.78. The summed E-state index contributed by atoms with van der Waals surface area (Å²) in [5.74, 6) is -0.385. The Hall–Kier alpha value is -1.04. The van der Waals surface area contributed by atoms with Crippen molar-refractivity contribution in [2.45, 2.75) is 18.6 Å². The van der Waals surface area contributed by atoms with E-state index in [0.29, 0.717) is 12.8 Å². The number of carbonyl (C=O) groups excluding carboxylic acids is 3. The van der Waals surface area contributed by atoms with E-state index in [-0.39, 0.29) is 30.8 Å². The number of ether oxygens (including phenoxy) is 1. The molecule has 1 atom stereocenters. The van der Waals surface area contributed by atoms with Crippen molar-refractivity contribution in [3.05, 3.63) is 0 Å². The number of thiol groups is 1. The molecule has 0 fully saturated rings. The van der Waals surface area contributed by atoms with Crippen LogP contribution in [0.2, 0.25) is 0 Å². The highest BCUT2D eigenvalue weighted by molar-refractivity contribution is 7.80. The van der Waals surface area contributed by atoms with Gasteiger partial charge < -0.3 is 4.74 Å². The summed E-state index contributed by atoms with van der Waals surface area (Å²) in [4.78, 5) is 32.1. The Balaban J connectivity index is 3.57. The predicted molar refractivity (Wildman–Crippen MR) is 52.9 cm³/mol. The number of imide groups is 1. The highest BCUT2D eigenvalue weighted by Gasteiger charge is 2.07. The monoisotopic (exact) mass is 219 g/mol. The highest BCUT2D eigenvalue weighted by Crippen LogP contribution is 2.00. The minimum atomic E-state index is -0.385. The molecule has 0 saturated heterocycles. The van der Waals surface area contributed by atoms with Gasteiger partial charge in [-0.2, -0.15) is 12.6 Å². The van der Waals surface area contributed by atoms with E-state index in [2.05, 4.69) is 12.6 Å². The van der Waals surface area contributed by atoms with E-state index in [4.69, 9.17) is 4.74 Å². The van der Waals surface area contributed by atoms with Crippen molar-refractivity contribution >= 4 is 31.4 Å². The normalized spacial score (nSPS) is 11.6. The quantitative estimate of drug-likeness (QED) is 0.367. The molecule has 1 unspecified atom stereocenters. The summed E-state index contributed by atoms with van der Waals surface area (Å²) in [6, 6.07) is 0. The first-order chi connectivity index (χ1) is 6.60. The van der Waals surface area contributed by atoms with Crippen LogP contribution in [-0.4, -0.2) is 42.1 Å². The van der Waals surface area contributed by atoms with Crippen LogP contribution in [0, 0.1) is 0 Å². The second kappa shape index (κ2) is 7.37. The summed E-state index contributed by atoms with van der Waals surface area (Å²) < 4.78 is 4.74. The Morgan fingerprint density at radius 1 is 1.50 bits per heavy atom. The van der Waals surface area contributed by atoms with Crippen LogP contribution in [0.1, 0.15) is 13.3 Å². The van der Waals surface area contributed by atoms with Gasteiger partial charge in [0.2, 0.25) is 12.8 Å². The van der Waals surface area contributed by atoms with E-state index in [1.54, 1.807) is 6.92 Å². The van der Waals surface area contributed by atoms with Gasteiger partial charge in [0, 0.05) is 5.25 Å². The second-order valence-electron chi connectivity index (χ2n) is 2.72. The number of nitrogens with zero attached hydrogens (tertiary/aromatic N) is 1. The first-order valence-corrected chi connectivity index (χ1v) is 4.61. The molecule has 0 aliphatic heterocycles. The lowest BCUT2D eigenvalue weighted by Gasteiger charge is -2.09. The van der Waals surface area contributed by atoms with Crippen molar-refractivity contribution in [1.82, 2.24) is 4.90 Å². The molecule has 0 spiro atoms. The Labute approximate surface area is 87.8 Å². The maximum absolute atomic E-state index is 10.9. The molecule has 0 aromatic rings. The zero-order valence-electron chi connectivity index (χ0n) is 7.88. The number of rotatable bonds is 7. The standard InChI is InChI=1S/C8H13NO4S/c1-7(14)4-8(12)13-3-2-9(5-10)6-11/h5-7,14H,2-4H2,1H3. The molecule has 14 heavy (non-hydrogen) atoms. The lowest BCUT2D eigenvalue weighted by atomic mass is 10.3. The molecule has 0 heterocycles. The Morgan fingerprint density at radius 2 is 2.07 bits per heavy atom. The molecular weight excluding hydrogens is 206 g/mol. The summed E-state index contributed by atoms with van der Waals surface area (Å²) >= 11 is 4.01. The lowest BCUT2D eigenvalue weighted by molar-refractivity contribution is -0.145. The largest absolute Gasteiger partial charge is 0.464 e. The van der Waals surface area contributed by atoms with Crippen LogP contribution in [0.15, 0.2) is 0 Å². The molecule has 80 valence electrons. The van der Waals surface area contributed by atoms with Crippen molar-refractivity contribution in [3.8, 4) is 0 Å². The maximum Gasteiger partial charge on any atom is 0.306 e. The number of carbonyl (C=O) groups is 3. The molecular formula is C8H13NO4S. The van der Waals surface area contributed by atoms with Gasteiger partial charge >= 0.3 is 5.97 Å². The summed E-state index contributed by atoms with van der Waals surface area (Å²) in [7, 11) is 0. The number of hydrogen-bond acceptors (Lipinski definition) is 5. The third-order valence-electron chi connectivity index (χ3n) is 1.35. The molecule has 0 bridgehead atoms. The third-order valence-corrected chi connectivity index (χ3v) is 1.53. The van der Waals surface area contributed by atoms with E-state index < -0.39 is 0 Å². The molecule has 5 nitrogen and oxygen atoms in total. The Morgan fingerprint density at radius 3 is 2.50 bits per heavy atom. The SMILES string of the molecule is CC(S)CC(=O)OCCN(C=O)C=O. The topological polar surface area (TPSA) is 63.7 Å². The van der Waals surface area contributed by atoms with Gasteiger partial charge in [-0.15, -0.1) is 0 Å². The van der Waals surface area contributed by atoms with Gasteiger partial charge in [0.25, 0.3) is 0 Å². The molecule has 0 rings (SSSR count). The molecule has 0 aromatic carbocycles. The molecule has 0 aliphatic carbocycles. The van der Waals surface area contributed by atoms with Gasteiger partial charge in [-0.3, -0.25) is 19.3 Å². The summed E-state index contributed by atoms with van der Waals surface area (Å²) in [6.07, 6.45) is 0.968. The van der Waals surface area contributed by atoms with Crippen LogP contribution >= 0.6 is 12.6 Å². The fourth-order valence-electron chi connectivity index (χ4n) is 0.695. The van der Waals surface area contributed by atoms with Gasteiger partial charge in [0.1, 0.15) is 6.61 Å². The molecule has 0 saturated carbocycles. The number of esters is 1. The van der Waals surface area contributed by atoms with Gasteiger partial charge in [-0.05, 0) is 0 Å². The average Bonchev–Trinajstić information content (AvgIpc) is 2.11.